The number of rotatable bonds is 2. The molecule has 0 saturated heterocycles. The highest BCUT2D eigenvalue weighted by molar-refractivity contribution is 5.16. The first-order valence-corrected chi connectivity index (χ1v) is 6.67. The zero-order valence-electron chi connectivity index (χ0n) is 11.5. The highest BCUT2D eigenvalue weighted by Crippen LogP contribution is 2.40. The van der Waals surface area contributed by atoms with Crippen LogP contribution in [-0.4, -0.2) is 15.8 Å². The summed E-state index contributed by atoms with van der Waals surface area (Å²) in [6.45, 7) is 6.88. The van der Waals surface area contributed by atoms with E-state index in [4.69, 9.17) is 5.73 Å². The average molecular weight is 235 g/mol. The molecule has 1 saturated carbocycles. The first-order valence-electron chi connectivity index (χ1n) is 6.67. The van der Waals surface area contributed by atoms with Gasteiger partial charge in [-0.25, -0.2) is 0 Å². The summed E-state index contributed by atoms with van der Waals surface area (Å²) in [5, 5.41) is 4.57. The van der Waals surface area contributed by atoms with Gasteiger partial charge in [0.25, 0.3) is 0 Å². The molecule has 96 valence electrons. The third kappa shape index (κ3) is 2.39. The van der Waals surface area contributed by atoms with Gasteiger partial charge >= 0.3 is 0 Å². The van der Waals surface area contributed by atoms with Gasteiger partial charge in [-0.2, -0.15) is 5.10 Å². The molecular formula is C14H25N3. The van der Waals surface area contributed by atoms with Crippen molar-refractivity contribution in [1.82, 2.24) is 9.78 Å². The molecule has 3 unspecified atom stereocenters. The van der Waals surface area contributed by atoms with Gasteiger partial charge in [0.2, 0.25) is 0 Å². The molecule has 2 N–H and O–H groups in total. The zero-order valence-corrected chi connectivity index (χ0v) is 11.5. The molecule has 3 atom stereocenters. The maximum atomic E-state index is 6.37. The van der Waals surface area contributed by atoms with E-state index in [1.165, 1.54) is 18.5 Å². The Morgan fingerprint density at radius 3 is 2.65 bits per heavy atom. The summed E-state index contributed by atoms with van der Waals surface area (Å²) >= 11 is 0. The summed E-state index contributed by atoms with van der Waals surface area (Å²) in [6.07, 6.45) is 5.70. The van der Waals surface area contributed by atoms with Crippen molar-refractivity contribution in [3.05, 3.63) is 18.0 Å². The number of nitrogens with two attached hydrogens (primary N) is 1. The SMILES string of the molecule is CC1CCC(C(C)(C)c2ccn(C)n2)C(N)C1. The van der Waals surface area contributed by atoms with Crippen LogP contribution in [0, 0.1) is 11.8 Å². The number of aryl methyl sites for hydroxylation is 1. The van der Waals surface area contributed by atoms with Crippen molar-refractivity contribution in [2.24, 2.45) is 24.6 Å². The van der Waals surface area contributed by atoms with Crippen molar-refractivity contribution < 1.29 is 0 Å². The normalized spacial score (nSPS) is 30.5. The van der Waals surface area contributed by atoms with Crippen LogP contribution in [0.1, 0.15) is 45.7 Å². The molecule has 1 aliphatic carbocycles. The van der Waals surface area contributed by atoms with E-state index >= 15 is 0 Å². The van der Waals surface area contributed by atoms with E-state index in [0.717, 1.165) is 12.3 Å². The smallest absolute Gasteiger partial charge is 0.0683 e. The molecule has 0 aliphatic heterocycles. The lowest BCUT2D eigenvalue weighted by molar-refractivity contribution is 0.167. The lowest BCUT2D eigenvalue weighted by Gasteiger charge is -2.41. The second-order valence-electron chi connectivity index (χ2n) is 6.28. The molecule has 2 rings (SSSR count). The third-order valence-electron chi connectivity index (χ3n) is 4.46. The van der Waals surface area contributed by atoms with Crippen molar-refractivity contribution in [2.75, 3.05) is 0 Å². The van der Waals surface area contributed by atoms with Crippen LogP contribution in [0.3, 0.4) is 0 Å². The highest BCUT2D eigenvalue weighted by atomic mass is 15.2. The molecule has 0 aromatic carbocycles. The Labute approximate surface area is 104 Å². The number of nitrogens with zero attached hydrogens (tertiary/aromatic N) is 2. The van der Waals surface area contributed by atoms with E-state index in [2.05, 4.69) is 31.9 Å². The molecule has 0 radical (unpaired) electrons. The predicted octanol–water partition coefficient (Wildman–Crippen LogP) is 2.46. The maximum Gasteiger partial charge on any atom is 0.0683 e. The minimum Gasteiger partial charge on any atom is -0.327 e. The Morgan fingerprint density at radius 1 is 1.41 bits per heavy atom. The van der Waals surface area contributed by atoms with E-state index in [9.17, 15) is 0 Å². The third-order valence-corrected chi connectivity index (χ3v) is 4.46. The molecule has 1 aliphatic rings. The second kappa shape index (κ2) is 4.45. The quantitative estimate of drug-likeness (QED) is 0.855. The summed E-state index contributed by atoms with van der Waals surface area (Å²) < 4.78 is 1.88. The van der Waals surface area contributed by atoms with Gasteiger partial charge in [0.1, 0.15) is 0 Å². The highest BCUT2D eigenvalue weighted by Gasteiger charge is 2.39. The van der Waals surface area contributed by atoms with Crippen LogP contribution < -0.4 is 5.73 Å². The van der Waals surface area contributed by atoms with Crippen molar-refractivity contribution in [1.29, 1.82) is 0 Å². The first-order chi connectivity index (χ1) is 7.91. The molecule has 1 fully saturated rings. The molecular weight excluding hydrogens is 210 g/mol. The first kappa shape index (κ1) is 12.6. The van der Waals surface area contributed by atoms with E-state index in [-0.39, 0.29) is 5.41 Å². The molecule has 1 heterocycles. The van der Waals surface area contributed by atoms with Gasteiger partial charge in [0.15, 0.2) is 0 Å². The van der Waals surface area contributed by atoms with E-state index in [1.54, 1.807) is 0 Å². The lowest BCUT2D eigenvalue weighted by atomic mass is 9.65. The molecule has 0 spiro atoms. The average Bonchev–Trinajstić information content (AvgIpc) is 2.64. The van der Waals surface area contributed by atoms with Crippen LogP contribution in [0.25, 0.3) is 0 Å². The molecule has 0 bridgehead atoms. The van der Waals surface area contributed by atoms with E-state index in [1.807, 2.05) is 17.9 Å². The van der Waals surface area contributed by atoms with Gasteiger partial charge in [0, 0.05) is 24.7 Å². The fourth-order valence-corrected chi connectivity index (χ4v) is 3.27. The molecule has 3 nitrogen and oxygen atoms in total. The van der Waals surface area contributed by atoms with Crippen LogP contribution in [0.5, 0.6) is 0 Å². The van der Waals surface area contributed by atoms with Crippen LogP contribution >= 0.6 is 0 Å². The topological polar surface area (TPSA) is 43.8 Å². The number of aromatic nitrogens is 2. The van der Waals surface area contributed by atoms with Crippen molar-refractivity contribution >= 4 is 0 Å². The standard InChI is InChI=1S/C14H25N3/c1-10-5-6-11(12(15)9-10)14(2,3)13-7-8-17(4)16-13/h7-8,10-12H,5-6,9,15H2,1-4H3. The summed E-state index contributed by atoms with van der Waals surface area (Å²) in [6, 6.07) is 2.45. The second-order valence-corrected chi connectivity index (χ2v) is 6.28. The van der Waals surface area contributed by atoms with Crippen molar-refractivity contribution in [2.45, 2.75) is 51.5 Å². The van der Waals surface area contributed by atoms with Gasteiger partial charge in [-0.05, 0) is 30.7 Å². The fourth-order valence-electron chi connectivity index (χ4n) is 3.27. The number of hydrogen-bond donors (Lipinski definition) is 1. The van der Waals surface area contributed by atoms with Gasteiger partial charge in [-0.3, -0.25) is 4.68 Å². The molecule has 3 heteroatoms. The van der Waals surface area contributed by atoms with Crippen LogP contribution in [0.2, 0.25) is 0 Å². The Hall–Kier alpha value is -0.830. The lowest BCUT2D eigenvalue weighted by Crippen LogP contribution is -2.46. The maximum absolute atomic E-state index is 6.37. The Bertz CT molecular complexity index is 381. The Balaban J connectivity index is 2.20. The van der Waals surface area contributed by atoms with Gasteiger partial charge < -0.3 is 5.73 Å². The molecule has 1 aromatic heterocycles. The van der Waals surface area contributed by atoms with Gasteiger partial charge in [0.05, 0.1) is 5.69 Å². The Kier molecular flexibility index (Phi) is 3.30. The van der Waals surface area contributed by atoms with Gasteiger partial charge in [-0.15, -0.1) is 0 Å². The summed E-state index contributed by atoms with van der Waals surface area (Å²) in [5.74, 6) is 1.33. The van der Waals surface area contributed by atoms with Crippen LogP contribution in [0.15, 0.2) is 12.3 Å². The minimum absolute atomic E-state index is 0.0841. The Morgan fingerprint density at radius 2 is 2.12 bits per heavy atom. The summed E-state index contributed by atoms with van der Waals surface area (Å²) in [4.78, 5) is 0. The van der Waals surface area contributed by atoms with Crippen molar-refractivity contribution in [3.8, 4) is 0 Å². The number of hydrogen-bond acceptors (Lipinski definition) is 2. The monoisotopic (exact) mass is 235 g/mol. The van der Waals surface area contributed by atoms with Gasteiger partial charge in [-0.1, -0.05) is 27.2 Å². The molecule has 17 heavy (non-hydrogen) atoms. The fraction of sp³-hybridized carbons (Fsp3) is 0.786. The molecule has 1 aromatic rings. The predicted molar refractivity (Wildman–Crippen MR) is 70.7 cm³/mol. The van der Waals surface area contributed by atoms with Crippen LogP contribution in [-0.2, 0) is 12.5 Å². The van der Waals surface area contributed by atoms with Crippen LogP contribution in [0.4, 0.5) is 0 Å². The van der Waals surface area contributed by atoms with E-state index < -0.39 is 0 Å². The van der Waals surface area contributed by atoms with E-state index in [0.29, 0.717) is 12.0 Å². The zero-order chi connectivity index (χ0) is 12.6. The molecule has 0 amide bonds. The summed E-state index contributed by atoms with van der Waals surface area (Å²) in [7, 11) is 1.97. The summed E-state index contributed by atoms with van der Waals surface area (Å²) in [5.41, 5.74) is 7.63. The largest absolute Gasteiger partial charge is 0.327 e. The van der Waals surface area contributed by atoms with Crippen molar-refractivity contribution in [3.63, 3.8) is 0 Å². The minimum atomic E-state index is 0.0841.